The third kappa shape index (κ3) is 4.44. The lowest BCUT2D eigenvalue weighted by Gasteiger charge is -2.48. The average molecular weight is 499 g/mol. The van der Waals surface area contributed by atoms with Crippen LogP contribution in [0.25, 0.3) is 10.9 Å². The number of piperidine rings is 1. The summed E-state index contributed by atoms with van der Waals surface area (Å²) in [6, 6.07) is 14.5. The zero-order chi connectivity index (χ0) is 23.2. The monoisotopic (exact) mass is 498 g/mol. The third-order valence-corrected chi connectivity index (χ3v) is 8.10. The Morgan fingerprint density at radius 3 is 2.56 bits per heavy atom. The summed E-state index contributed by atoms with van der Waals surface area (Å²) in [7, 11) is 0. The second-order valence-electron chi connectivity index (χ2n) is 9.90. The van der Waals surface area contributed by atoms with Crippen molar-refractivity contribution in [3.63, 3.8) is 0 Å². The molecule has 8 heteroatoms. The summed E-state index contributed by atoms with van der Waals surface area (Å²) < 4.78 is 7.89. The molecule has 3 aromatic rings. The number of nitrogens with zero attached hydrogens (tertiary/aromatic N) is 3. The molecule has 0 unspecified atom stereocenters. The van der Waals surface area contributed by atoms with E-state index in [1.807, 2.05) is 41.1 Å². The van der Waals surface area contributed by atoms with E-state index in [0.29, 0.717) is 34.9 Å². The molecule has 6 nitrogen and oxygen atoms in total. The topological polar surface area (TPSA) is 59.4 Å². The maximum atomic E-state index is 13.3. The Morgan fingerprint density at radius 1 is 1.06 bits per heavy atom. The number of hydrogen-bond donors (Lipinski definition) is 1. The standard InChI is InChI=1S/C26H28Cl2N4O2/c27-22-8-7-17(9-23(22)28)12-31-19-10-18(11-20(31)15-34-14-19)29-26(33)25-21-3-1-2-4-24(21)32(30-25)13-16-5-6-16/h1-4,7-9,16,18-20H,5-6,10-15H2,(H,29,33)/t18-,19-,20+. The van der Waals surface area contributed by atoms with Gasteiger partial charge in [0.2, 0.25) is 0 Å². The van der Waals surface area contributed by atoms with Gasteiger partial charge in [-0.15, -0.1) is 0 Å². The number of carbonyl (C=O) groups is 1. The fourth-order valence-electron chi connectivity index (χ4n) is 5.45. The Balaban J connectivity index is 1.17. The van der Waals surface area contributed by atoms with E-state index >= 15 is 0 Å². The number of benzene rings is 2. The highest BCUT2D eigenvalue weighted by molar-refractivity contribution is 6.42. The Hall–Kier alpha value is -2.12. The Kier molecular flexibility index (Phi) is 6.02. The van der Waals surface area contributed by atoms with E-state index in [-0.39, 0.29) is 24.0 Å². The van der Waals surface area contributed by atoms with Crippen molar-refractivity contribution in [2.45, 2.75) is 56.9 Å². The van der Waals surface area contributed by atoms with Crippen LogP contribution in [0.5, 0.6) is 0 Å². The molecule has 0 radical (unpaired) electrons. The van der Waals surface area contributed by atoms with E-state index in [0.717, 1.165) is 42.4 Å². The van der Waals surface area contributed by atoms with Gasteiger partial charge in [0.05, 0.1) is 28.8 Å². The first-order chi connectivity index (χ1) is 16.5. The van der Waals surface area contributed by atoms with Gasteiger partial charge in [-0.25, -0.2) is 0 Å². The highest BCUT2D eigenvalue weighted by Gasteiger charge is 2.39. The first-order valence-corrected chi connectivity index (χ1v) is 12.8. The van der Waals surface area contributed by atoms with Gasteiger partial charge in [0.25, 0.3) is 5.91 Å². The number of ether oxygens (including phenoxy) is 1. The summed E-state index contributed by atoms with van der Waals surface area (Å²) in [5.41, 5.74) is 2.72. The lowest BCUT2D eigenvalue weighted by Crippen LogP contribution is -2.60. The van der Waals surface area contributed by atoms with E-state index in [2.05, 4.69) is 16.3 Å². The molecule has 0 spiro atoms. The predicted octanol–water partition coefficient (Wildman–Crippen LogP) is 4.91. The van der Waals surface area contributed by atoms with Gasteiger partial charge in [-0.05, 0) is 55.4 Å². The van der Waals surface area contributed by atoms with Gasteiger partial charge < -0.3 is 10.1 Å². The molecule has 178 valence electrons. The molecule has 2 bridgehead atoms. The molecule has 3 aliphatic rings. The van der Waals surface area contributed by atoms with E-state index in [9.17, 15) is 4.79 Å². The van der Waals surface area contributed by atoms with Gasteiger partial charge in [0.1, 0.15) is 0 Å². The first-order valence-electron chi connectivity index (χ1n) is 12.1. The molecule has 2 saturated heterocycles. The number of fused-ring (bicyclic) bond motifs is 3. The summed E-state index contributed by atoms with van der Waals surface area (Å²) >= 11 is 12.3. The lowest BCUT2D eigenvalue weighted by molar-refractivity contribution is -0.0843. The minimum Gasteiger partial charge on any atom is -0.378 e. The second-order valence-corrected chi connectivity index (χ2v) is 10.7. The third-order valence-electron chi connectivity index (χ3n) is 7.36. The summed E-state index contributed by atoms with van der Waals surface area (Å²) in [4.78, 5) is 15.8. The van der Waals surface area contributed by atoms with Crippen LogP contribution >= 0.6 is 23.2 Å². The molecule has 1 aromatic heterocycles. The lowest BCUT2D eigenvalue weighted by atomic mass is 9.89. The van der Waals surface area contributed by atoms with Gasteiger partial charge in [0, 0.05) is 36.6 Å². The van der Waals surface area contributed by atoms with Gasteiger partial charge >= 0.3 is 0 Å². The number of hydrogen-bond acceptors (Lipinski definition) is 4. The predicted molar refractivity (Wildman–Crippen MR) is 133 cm³/mol. The minimum absolute atomic E-state index is 0.0762. The number of morpholine rings is 1. The first kappa shape index (κ1) is 22.4. The van der Waals surface area contributed by atoms with E-state index in [4.69, 9.17) is 33.0 Å². The van der Waals surface area contributed by atoms with Crippen LogP contribution in [0, 0.1) is 5.92 Å². The fourth-order valence-corrected chi connectivity index (χ4v) is 5.77. The van der Waals surface area contributed by atoms with E-state index < -0.39 is 0 Å². The summed E-state index contributed by atoms with van der Waals surface area (Å²) in [5, 5.41) is 10.1. The molecule has 1 N–H and O–H groups in total. The minimum atomic E-state index is -0.0762. The van der Waals surface area contributed by atoms with Crippen molar-refractivity contribution in [3.8, 4) is 0 Å². The molecular formula is C26H28Cl2N4O2. The van der Waals surface area contributed by atoms with Gasteiger partial charge in [-0.3, -0.25) is 14.4 Å². The largest absolute Gasteiger partial charge is 0.378 e. The van der Waals surface area contributed by atoms with E-state index in [1.54, 1.807) is 0 Å². The number of carbonyl (C=O) groups excluding carboxylic acids is 1. The fraction of sp³-hybridized carbons (Fsp3) is 0.462. The SMILES string of the molecule is O=C(N[C@H]1C[C@H]2COC[C@@H](C1)N2Cc1ccc(Cl)c(Cl)c1)c1nn(CC2CC2)c2ccccc12. The molecule has 1 aliphatic carbocycles. The zero-order valence-corrected chi connectivity index (χ0v) is 20.4. The highest BCUT2D eigenvalue weighted by Crippen LogP contribution is 2.33. The van der Waals surface area contributed by atoms with Gasteiger partial charge in [-0.1, -0.05) is 47.5 Å². The molecule has 34 heavy (non-hydrogen) atoms. The molecule has 2 aromatic carbocycles. The maximum Gasteiger partial charge on any atom is 0.272 e. The smallest absolute Gasteiger partial charge is 0.272 e. The van der Waals surface area contributed by atoms with Crippen LogP contribution in [0.15, 0.2) is 42.5 Å². The van der Waals surface area contributed by atoms with Gasteiger partial charge in [-0.2, -0.15) is 5.10 Å². The van der Waals surface area contributed by atoms with Crippen molar-refractivity contribution in [3.05, 3.63) is 63.8 Å². The number of para-hydroxylation sites is 1. The van der Waals surface area contributed by atoms with E-state index in [1.165, 1.54) is 12.8 Å². The highest BCUT2D eigenvalue weighted by atomic mass is 35.5. The number of amides is 1. The molecule has 1 amide bonds. The Bertz CT molecular complexity index is 1210. The van der Waals surface area contributed by atoms with Crippen molar-refractivity contribution in [1.82, 2.24) is 20.0 Å². The maximum absolute atomic E-state index is 13.3. The number of rotatable bonds is 6. The number of aromatic nitrogens is 2. The van der Waals surface area contributed by atoms with Crippen molar-refractivity contribution in [2.24, 2.45) is 5.92 Å². The van der Waals surface area contributed by atoms with Crippen molar-refractivity contribution < 1.29 is 9.53 Å². The van der Waals surface area contributed by atoms with Crippen molar-refractivity contribution >= 4 is 40.0 Å². The normalized spacial score (nSPS) is 24.9. The van der Waals surface area contributed by atoms with Crippen LogP contribution < -0.4 is 5.32 Å². The molecule has 2 aliphatic heterocycles. The molecule has 6 rings (SSSR count). The number of nitrogens with one attached hydrogen (secondary N) is 1. The number of halogens is 2. The zero-order valence-electron chi connectivity index (χ0n) is 18.9. The van der Waals surface area contributed by atoms with Crippen LogP contribution in [0.3, 0.4) is 0 Å². The van der Waals surface area contributed by atoms with Crippen molar-refractivity contribution in [1.29, 1.82) is 0 Å². The Morgan fingerprint density at radius 2 is 1.82 bits per heavy atom. The summed E-state index contributed by atoms with van der Waals surface area (Å²) in [6.07, 6.45) is 4.21. The summed E-state index contributed by atoms with van der Waals surface area (Å²) in [6.45, 7) is 3.03. The quantitative estimate of drug-likeness (QED) is 0.524. The van der Waals surface area contributed by atoms with Crippen LogP contribution in [0.2, 0.25) is 10.0 Å². The Labute approximate surface area is 209 Å². The van der Waals surface area contributed by atoms with Crippen LogP contribution in [-0.2, 0) is 17.8 Å². The summed E-state index contributed by atoms with van der Waals surface area (Å²) in [5.74, 6) is 0.617. The van der Waals surface area contributed by atoms with Gasteiger partial charge in [0.15, 0.2) is 5.69 Å². The average Bonchev–Trinajstić information content (AvgIpc) is 3.56. The van der Waals surface area contributed by atoms with Crippen LogP contribution in [0.4, 0.5) is 0 Å². The molecule has 3 fully saturated rings. The molecule has 1 saturated carbocycles. The van der Waals surface area contributed by atoms with Crippen LogP contribution in [0.1, 0.15) is 41.7 Å². The molecule has 3 atom stereocenters. The molecule has 3 heterocycles. The second kappa shape index (κ2) is 9.15. The molecular weight excluding hydrogens is 471 g/mol. The van der Waals surface area contributed by atoms with Crippen molar-refractivity contribution in [2.75, 3.05) is 13.2 Å². The van der Waals surface area contributed by atoms with Crippen LogP contribution in [-0.4, -0.2) is 51.9 Å².